The van der Waals surface area contributed by atoms with Crippen molar-refractivity contribution in [1.29, 1.82) is 0 Å². The molecule has 0 radical (unpaired) electrons. The van der Waals surface area contributed by atoms with Crippen LogP contribution in [0.15, 0.2) is 78.9 Å². The molecule has 0 aliphatic carbocycles. The van der Waals surface area contributed by atoms with Crippen molar-refractivity contribution >= 4 is 11.0 Å². The maximum absolute atomic E-state index is 6.04. The molecular formula is C22H21N3O. The lowest BCUT2D eigenvalue weighted by Crippen LogP contribution is -2.16. The summed E-state index contributed by atoms with van der Waals surface area (Å²) in [5.74, 6) is 2.73. The Labute approximate surface area is 152 Å². The number of rotatable bonds is 6. The second-order valence-electron chi connectivity index (χ2n) is 6.34. The third-order valence-corrected chi connectivity index (χ3v) is 4.44. The topological polar surface area (TPSA) is 63.9 Å². The molecule has 26 heavy (non-hydrogen) atoms. The van der Waals surface area contributed by atoms with Crippen molar-refractivity contribution in [2.24, 2.45) is 5.73 Å². The van der Waals surface area contributed by atoms with Gasteiger partial charge >= 0.3 is 0 Å². The summed E-state index contributed by atoms with van der Waals surface area (Å²) >= 11 is 0. The predicted octanol–water partition coefficient (Wildman–Crippen LogP) is 4.64. The summed E-state index contributed by atoms with van der Waals surface area (Å²) in [6, 6.07) is 26.0. The molecule has 4 aromatic rings. The molecule has 3 N–H and O–H groups in total. The summed E-state index contributed by atoms with van der Waals surface area (Å²) < 4.78 is 5.93. The van der Waals surface area contributed by atoms with Crippen molar-refractivity contribution in [1.82, 2.24) is 9.97 Å². The van der Waals surface area contributed by atoms with E-state index in [-0.39, 0.29) is 5.92 Å². The van der Waals surface area contributed by atoms with E-state index in [1.165, 1.54) is 5.56 Å². The Hall–Kier alpha value is -3.11. The highest BCUT2D eigenvalue weighted by molar-refractivity contribution is 5.74. The lowest BCUT2D eigenvalue weighted by molar-refractivity contribution is 0.481. The molecule has 4 rings (SSSR count). The van der Waals surface area contributed by atoms with Crippen molar-refractivity contribution in [2.45, 2.75) is 12.3 Å². The van der Waals surface area contributed by atoms with Gasteiger partial charge in [-0.05, 0) is 48.4 Å². The first-order valence-electron chi connectivity index (χ1n) is 8.78. The second-order valence-corrected chi connectivity index (χ2v) is 6.34. The molecule has 0 saturated carbocycles. The third-order valence-electron chi connectivity index (χ3n) is 4.44. The number of nitrogens with one attached hydrogen (secondary N) is 1. The van der Waals surface area contributed by atoms with E-state index in [1.54, 1.807) is 0 Å². The van der Waals surface area contributed by atoms with Gasteiger partial charge in [-0.1, -0.05) is 42.5 Å². The molecule has 0 aliphatic heterocycles. The average Bonchev–Trinajstić information content (AvgIpc) is 3.11. The molecule has 130 valence electrons. The van der Waals surface area contributed by atoms with Crippen LogP contribution in [0, 0.1) is 0 Å². The highest BCUT2D eigenvalue weighted by Crippen LogP contribution is 2.25. The summed E-state index contributed by atoms with van der Waals surface area (Å²) in [7, 11) is 0. The smallest absolute Gasteiger partial charge is 0.127 e. The summed E-state index contributed by atoms with van der Waals surface area (Å²) in [6.07, 6.45) is 0.808. The molecule has 4 nitrogen and oxygen atoms in total. The van der Waals surface area contributed by atoms with Crippen LogP contribution >= 0.6 is 0 Å². The van der Waals surface area contributed by atoms with Gasteiger partial charge in [-0.25, -0.2) is 4.98 Å². The van der Waals surface area contributed by atoms with E-state index in [0.717, 1.165) is 34.8 Å². The third kappa shape index (κ3) is 3.60. The van der Waals surface area contributed by atoms with E-state index in [4.69, 9.17) is 15.5 Å². The van der Waals surface area contributed by atoms with Crippen LogP contribution in [0.25, 0.3) is 11.0 Å². The minimum atomic E-state index is 0.134. The molecule has 1 atom stereocenters. The Morgan fingerprint density at radius 2 is 1.65 bits per heavy atom. The Morgan fingerprint density at radius 3 is 2.46 bits per heavy atom. The van der Waals surface area contributed by atoms with Gasteiger partial charge in [0.25, 0.3) is 0 Å². The fourth-order valence-corrected chi connectivity index (χ4v) is 3.10. The highest BCUT2D eigenvalue weighted by atomic mass is 16.5. The first-order chi connectivity index (χ1) is 12.8. The van der Waals surface area contributed by atoms with Crippen molar-refractivity contribution in [3.63, 3.8) is 0 Å². The summed E-state index contributed by atoms with van der Waals surface area (Å²) in [6.45, 7) is 0.531. The van der Waals surface area contributed by atoms with Crippen LogP contribution in [0.4, 0.5) is 0 Å². The Balaban J connectivity index is 1.54. The van der Waals surface area contributed by atoms with Crippen LogP contribution < -0.4 is 10.5 Å². The lowest BCUT2D eigenvalue weighted by Gasteiger charge is -2.13. The normalized spacial score (nSPS) is 12.2. The number of para-hydroxylation sites is 3. The van der Waals surface area contributed by atoms with E-state index in [2.05, 4.69) is 17.1 Å². The van der Waals surface area contributed by atoms with E-state index < -0.39 is 0 Å². The number of hydrogen-bond donors (Lipinski definition) is 2. The number of hydrogen-bond acceptors (Lipinski definition) is 3. The largest absolute Gasteiger partial charge is 0.457 e. The van der Waals surface area contributed by atoms with Gasteiger partial charge in [0.05, 0.1) is 11.0 Å². The zero-order chi connectivity index (χ0) is 17.8. The minimum Gasteiger partial charge on any atom is -0.457 e. The van der Waals surface area contributed by atoms with Gasteiger partial charge in [0, 0.05) is 12.5 Å². The Bertz CT molecular complexity index is 961. The number of aromatic amines is 1. The van der Waals surface area contributed by atoms with Gasteiger partial charge in [0.1, 0.15) is 17.3 Å². The molecule has 0 fully saturated rings. The maximum atomic E-state index is 6.04. The molecule has 0 bridgehead atoms. The van der Waals surface area contributed by atoms with E-state index >= 15 is 0 Å². The fourth-order valence-electron chi connectivity index (χ4n) is 3.10. The van der Waals surface area contributed by atoms with Gasteiger partial charge in [-0.2, -0.15) is 0 Å². The van der Waals surface area contributed by atoms with Gasteiger partial charge in [0.15, 0.2) is 0 Å². The predicted molar refractivity (Wildman–Crippen MR) is 105 cm³/mol. The quantitative estimate of drug-likeness (QED) is 0.536. The van der Waals surface area contributed by atoms with Crippen molar-refractivity contribution in [3.05, 3.63) is 90.3 Å². The number of aromatic nitrogens is 2. The number of imidazole rings is 1. The molecule has 1 unspecified atom stereocenters. The van der Waals surface area contributed by atoms with Gasteiger partial charge < -0.3 is 15.5 Å². The first kappa shape index (κ1) is 16.4. The molecule has 0 spiro atoms. The number of nitrogens with zero attached hydrogens (tertiary/aromatic N) is 1. The number of benzene rings is 3. The zero-order valence-electron chi connectivity index (χ0n) is 14.4. The van der Waals surface area contributed by atoms with Gasteiger partial charge in [-0.3, -0.25) is 0 Å². The molecular weight excluding hydrogens is 322 g/mol. The molecule has 1 aromatic heterocycles. The van der Waals surface area contributed by atoms with Gasteiger partial charge in [-0.15, -0.1) is 0 Å². The van der Waals surface area contributed by atoms with Crippen molar-refractivity contribution in [2.75, 3.05) is 6.54 Å². The SMILES string of the molecule is NCC(Cc1cccc(Oc2ccccc2)c1)c1nc2ccccc2[nH]1. The molecule has 0 amide bonds. The van der Waals surface area contributed by atoms with Crippen LogP contribution in [0.2, 0.25) is 0 Å². The van der Waals surface area contributed by atoms with Crippen molar-refractivity contribution < 1.29 is 4.74 Å². The number of fused-ring (bicyclic) bond motifs is 1. The Morgan fingerprint density at radius 1 is 0.885 bits per heavy atom. The summed E-state index contributed by atoms with van der Waals surface area (Å²) in [5.41, 5.74) is 9.24. The van der Waals surface area contributed by atoms with Crippen LogP contribution in [0.3, 0.4) is 0 Å². The first-order valence-corrected chi connectivity index (χ1v) is 8.78. The second kappa shape index (κ2) is 7.42. The maximum Gasteiger partial charge on any atom is 0.127 e. The van der Waals surface area contributed by atoms with E-state index in [1.807, 2.05) is 66.7 Å². The number of H-pyrrole nitrogens is 1. The minimum absolute atomic E-state index is 0.134. The molecule has 1 heterocycles. The van der Waals surface area contributed by atoms with Crippen LogP contribution in [0.1, 0.15) is 17.3 Å². The fraction of sp³-hybridized carbons (Fsp3) is 0.136. The number of nitrogens with two attached hydrogens (primary N) is 1. The standard InChI is InChI=1S/C22H21N3O/c23-15-17(22-24-20-11-4-5-12-21(20)25-22)13-16-7-6-10-19(14-16)26-18-8-2-1-3-9-18/h1-12,14,17H,13,15,23H2,(H,24,25). The van der Waals surface area contributed by atoms with E-state index in [9.17, 15) is 0 Å². The number of ether oxygens (including phenoxy) is 1. The monoisotopic (exact) mass is 343 g/mol. The summed E-state index contributed by atoms with van der Waals surface area (Å²) in [4.78, 5) is 8.10. The zero-order valence-corrected chi connectivity index (χ0v) is 14.4. The molecule has 0 aliphatic rings. The summed E-state index contributed by atoms with van der Waals surface area (Å²) in [5, 5.41) is 0. The molecule has 3 aromatic carbocycles. The lowest BCUT2D eigenvalue weighted by atomic mass is 9.98. The Kier molecular flexibility index (Phi) is 4.67. The highest BCUT2D eigenvalue weighted by Gasteiger charge is 2.15. The van der Waals surface area contributed by atoms with Crippen molar-refractivity contribution in [3.8, 4) is 11.5 Å². The van der Waals surface area contributed by atoms with Gasteiger partial charge in [0.2, 0.25) is 0 Å². The molecule has 4 heteroatoms. The van der Waals surface area contributed by atoms with E-state index in [0.29, 0.717) is 6.54 Å². The van der Waals surface area contributed by atoms with Crippen LogP contribution in [-0.4, -0.2) is 16.5 Å². The van der Waals surface area contributed by atoms with Crippen LogP contribution in [0.5, 0.6) is 11.5 Å². The van der Waals surface area contributed by atoms with Crippen LogP contribution in [-0.2, 0) is 6.42 Å². The molecule has 0 saturated heterocycles. The average molecular weight is 343 g/mol.